The smallest absolute Gasteiger partial charge is 0.244 e. The van der Waals surface area contributed by atoms with Gasteiger partial charge in [-0.05, 0) is 53.4 Å². The van der Waals surface area contributed by atoms with E-state index < -0.39 is 10.0 Å². The fourth-order valence-corrected chi connectivity index (χ4v) is 4.51. The number of benzene rings is 1. The first-order valence-corrected chi connectivity index (χ1v) is 8.48. The summed E-state index contributed by atoms with van der Waals surface area (Å²) in [6.45, 7) is 3.06. The van der Waals surface area contributed by atoms with Crippen LogP contribution in [0.15, 0.2) is 27.6 Å². The van der Waals surface area contributed by atoms with Gasteiger partial charge in [0.15, 0.2) is 0 Å². The molecule has 0 bridgehead atoms. The van der Waals surface area contributed by atoms with Gasteiger partial charge in [0.25, 0.3) is 0 Å². The first kappa shape index (κ1) is 15.0. The van der Waals surface area contributed by atoms with Gasteiger partial charge < -0.3 is 4.74 Å². The fraction of sp³-hybridized carbons (Fsp3) is 0.538. The average Bonchev–Trinajstić information content (AvgIpc) is 2.81. The normalized spacial score (nSPS) is 20.1. The van der Waals surface area contributed by atoms with E-state index in [4.69, 9.17) is 4.74 Å². The molecule has 6 heteroatoms. The Labute approximate surface area is 122 Å². The molecule has 1 aromatic rings. The highest BCUT2D eigenvalue weighted by molar-refractivity contribution is 9.10. The van der Waals surface area contributed by atoms with Gasteiger partial charge in [-0.2, -0.15) is 4.31 Å². The van der Waals surface area contributed by atoms with E-state index in [0.717, 1.165) is 25.0 Å². The molecule has 1 fully saturated rings. The number of nitrogens with zero attached hydrogens (tertiary/aromatic N) is 1. The standard InChI is InChI=1S/C13H18BrNO3S/c1-10-5-6-13(12(14)8-10)19(16,17)15(2)9-11-4-3-7-18-11/h5-6,8,11H,3-4,7,9H2,1-2H3. The predicted octanol–water partition coefficient (Wildman–Crippen LogP) is 2.56. The molecule has 0 aliphatic carbocycles. The lowest BCUT2D eigenvalue weighted by atomic mass is 10.2. The average molecular weight is 348 g/mol. The van der Waals surface area contributed by atoms with Crippen molar-refractivity contribution in [2.24, 2.45) is 0 Å². The van der Waals surface area contributed by atoms with Gasteiger partial charge in [0, 0.05) is 24.7 Å². The Morgan fingerprint density at radius 1 is 1.47 bits per heavy atom. The molecule has 0 aromatic heterocycles. The first-order chi connectivity index (χ1) is 8.91. The Hall–Kier alpha value is -0.430. The van der Waals surface area contributed by atoms with Crippen molar-refractivity contribution in [3.63, 3.8) is 0 Å². The molecule has 1 aliphatic heterocycles. The lowest BCUT2D eigenvalue weighted by Gasteiger charge is -2.21. The molecular formula is C13H18BrNO3S. The highest BCUT2D eigenvalue weighted by Gasteiger charge is 2.27. The zero-order chi connectivity index (χ0) is 14.0. The third-order valence-electron chi connectivity index (χ3n) is 3.26. The summed E-state index contributed by atoms with van der Waals surface area (Å²) in [6, 6.07) is 5.26. The number of aryl methyl sites for hydroxylation is 1. The summed E-state index contributed by atoms with van der Waals surface area (Å²) in [4.78, 5) is 0.304. The number of hydrogen-bond acceptors (Lipinski definition) is 3. The molecule has 1 saturated heterocycles. The fourth-order valence-electron chi connectivity index (χ4n) is 2.16. The molecule has 1 atom stereocenters. The van der Waals surface area contributed by atoms with E-state index in [1.54, 1.807) is 19.2 Å². The van der Waals surface area contributed by atoms with Crippen molar-refractivity contribution < 1.29 is 13.2 Å². The van der Waals surface area contributed by atoms with Gasteiger partial charge in [0.2, 0.25) is 10.0 Å². The van der Waals surface area contributed by atoms with Gasteiger partial charge in [0.05, 0.1) is 11.0 Å². The van der Waals surface area contributed by atoms with E-state index in [9.17, 15) is 8.42 Å². The third kappa shape index (κ3) is 3.37. The molecule has 106 valence electrons. The topological polar surface area (TPSA) is 46.6 Å². The van der Waals surface area contributed by atoms with Crippen LogP contribution in [0.25, 0.3) is 0 Å². The molecule has 0 radical (unpaired) electrons. The minimum Gasteiger partial charge on any atom is -0.377 e. The van der Waals surface area contributed by atoms with Crippen LogP contribution in [-0.2, 0) is 14.8 Å². The maximum atomic E-state index is 12.5. The second-order valence-electron chi connectivity index (χ2n) is 4.85. The van der Waals surface area contributed by atoms with Crippen molar-refractivity contribution in [2.45, 2.75) is 30.8 Å². The molecule has 1 heterocycles. The molecule has 0 saturated carbocycles. The molecule has 1 aromatic carbocycles. The van der Waals surface area contributed by atoms with Gasteiger partial charge in [-0.25, -0.2) is 8.42 Å². The molecule has 4 nitrogen and oxygen atoms in total. The maximum Gasteiger partial charge on any atom is 0.244 e. The number of ether oxygens (including phenoxy) is 1. The van der Waals surface area contributed by atoms with Crippen molar-refractivity contribution in [1.29, 1.82) is 0 Å². The van der Waals surface area contributed by atoms with Crippen molar-refractivity contribution in [2.75, 3.05) is 20.2 Å². The van der Waals surface area contributed by atoms with Crippen LogP contribution in [0.2, 0.25) is 0 Å². The van der Waals surface area contributed by atoms with E-state index >= 15 is 0 Å². The summed E-state index contributed by atoms with van der Waals surface area (Å²) in [5.41, 5.74) is 1.02. The number of hydrogen-bond donors (Lipinski definition) is 0. The summed E-state index contributed by atoms with van der Waals surface area (Å²) in [5.74, 6) is 0. The van der Waals surface area contributed by atoms with E-state index in [1.807, 2.05) is 13.0 Å². The molecule has 0 N–H and O–H groups in total. The monoisotopic (exact) mass is 347 g/mol. The molecule has 0 spiro atoms. The molecule has 1 aliphatic rings. The number of rotatable bonds is 4. The third-order valence-corrected chi connectivity index (χ3v) is 6.06. The molecule has 19 heavy (non-hydrogen) atoms. The summed E-state index contributed by atoms with van der Waals surface area (Å²) in [6.07, 6.45) is 1.95. The zero-order valence-electron chi connectivity index (χ0n) is 11.1. The Morgan fingerprint density at radius 2 is 2.21 bits per heavy atom. The zero-order valence-corrected chi connectivity index (χ0v) is 13.5. The lowest BCUT2D eigenvalue weighted by molar-refractivity contribution is 0.0979. The van der Waals surface area contributed by atoms with E-state index in [2.05, 4.69) is 15.9 Å². The molecule has 0 amide bonds. The maximum absolute atomic E-state index is 12.5. The molecule has 1 unspecified atom stereocenters. The van der Waals surface area contributed by atoms with Crippen LogP contribution in [0.3, 0.4) is 0 Å². The van der Waals surface area contributed by atoms with Crippen LogP contribution in [0.4, 0.5) is 0 Å². The van der Waals surface area contributed by atoms with E-state index in [0.29, 0.717) is 15.9 Å². The second-order valence-corrected chi connectivity index (χ2v) is 7.72. The number of halogens is 1. The number of likely N-dealkylation sites (N-methyl/N-ethyl adjacent to an activating group) is 1. The first-order valence-electron chi connectivity index (χ1n) is 6.25. The second kappa shape index (κ2) is 5.91. The Kier molecular flexibility index (Phi) is 4.66. The van der Waals surface area contributed by atoms with E-state index in [1.165, 1.54) is 4.31 Å². The van der Waals surface area contributed by atoms with Crippen molar-refractivity contribution in [1.82, 2.24) is 4.31 Å². The van der Waals surface area contributed by atoms with Crippen LogP contribution < -0.4 is 0 Å². The minimum absolute atomic E-state index is 0.0176. The van der Waals surface area contributed by atoms with Crippen LogP contribution in [0.1, 0.15) is 18.4 Å². The summed E-state index contributed by atoms with van der Waals surface area (Å²) >= 11 is 3.33. The Bertz CT molecular complexity index is 553. The summed E-state index contributed by atoms with van der Waals surface area (Å²) in [7, 11) is -1.87. The van der Waals surface area contributed by atoms with Crippen molar-refractivity contribution in [3.05, 3.63) is 28.2 Å². The largest absolute Gasteiger partial charge is 0.377 e. The van der Waals surface area contributed by atoms with Gasteiger partial charge in [-0.15, -0.1) is 0 Å². The minimum atomic E-state index is -3.47. The van der Waals surface area contributed by atoms with E-state index in [-0.39, 0.29) is 6.10 Å². The summed E-state index contributed by atoms with van der Waals surface area (Å²) < 4.78 is 32.4. The van der Waals surface area contributed by atoms with Crippen LogP contribution >= 0.6 is 15.9 Å². The Balaban J connectivity index is 2.20. The SMILES string of the molecule is Cc1ccc(S(=O)(=O)N(C)CC2CCCO2)c(Br)c1. The van der Waals surface area contributed by atoms with Crippen LogP contribution in [-0.4, -0.2) is 39.0 Å². The highest BCUT2D eigenvalue weighted by Crippen LogP contribution is 2.26. The molecular weight excluding hydrogens is 330 g/mol. The van der Waals surface area contributed by atoms with Crippen LogP contribution in [0.5, 0.6) is 0 Å². The predicted molar refractivity (Wildman–Crippen MR) is 77.7 cm³/mol. The highest BCUT2D eigenvalue weighted by atomic mass is 79.9. The quantitative estimate of drug-likeness (QED) is 0.840. The van der Waals surface area contributed by atoms with Gasteiger partial charge in [0.1, 0.15) is 0 Å². The van der Waals surface area contributed by atoms with Gasteiger partial charge in [-0.1, -0.05) is 6.07 Å². The van der Waals surface area contributed by atoms with Crippen molar-refractivity contribution in [3.8, 4) is 0 Å². The lowest BCUT2D eigenvalue weighted by Crippen LogP contribution is -2.34. The summed E-state index contributed by atoms with van der Waals surface area (Å²) in [5, 5.41) is 0. The Morgan fingerprint density at radius 3 is 2.79 bits per heavy atom. The van der Waals surface area contributed by atoms with Crippen LogP contribution in [0, 0.1) is 6.92 Å². The van der Waals surface area contributed by atoms with Crippen molar-refractivity contribution >= 4 is 26.0 Å². The van der Waals surface area contributed by atoms with Gasteiger partial charge in [-0.3, -0.25) is 0 Å². The number of sulfonamides is 1. The van der Waals surface area contributed by atoms with Gasteiger partial charge >= 0.3 is 0 Å². The molecule has 2 rings (SSSR count).